The van der Waals surface area contributed by atoms with E-state index in [-0.39, 0.29) is 5.78 Å². The molecule has 0 aliphatic carbocycles. The van der Waals surface area contributed by atoms with Gasteiger partial charge in [-0.2, -0.15) is 5.10 Å². The average molecular weight is 285 g/mol. The fraction of sp³-hybridized carbons (Fsp3) is 0.412. The van der Waals surface area contributed by atoms with Gasteiger partial charge in [0.2, 0.25) is 0 Å². The Kier molecular flexibility index (Phi) is 4.16. The summed E-state index contributed by atoms with van der Waals surface area (Å²) in [4.78, 5) is 12.7. The van der Waals surface area contributed by atoms with Crippen LogP contribution in [0.4, 0.5) is 5.69 Å². The molecule has 0 fully saturated rings. The second-order valence-corrected chi connectivity index (χ2v) is 5.94. The number of nitrogens with zero attached hydrogens (tertiary/aromatic N) is 2. The van der Waals surface area contributed by atoms with Crippen LogP contribution in [0.1, 0.15) is 37.7 Å². The van der Waals surface area contributed by atoms with E-state index < -0.39 is 5.41 Å². The van der Waals surface area contributed by atoms with Crippen molar-refractivity contribution in [3.8, 4) is 0 Å². The normalized spacial score (nSPS) is 11.6. The van der Waals surface area contributed by atoms with E-state index in [2.05, 4.69) is 5.10 Å². The number of aromatic nitrogens is 2. The molecule has 2 N–H and O–H groups in total. The standard InChI is InChI=1S/C17H23N3O/c1-5-20-15(10-12(2)19-20)11-16(21)17(3,4)13-6-8-14(18)9-7-13/h6-10H,5,11,18H2,1-4H3. The third-order valence-corrected chi connectivity index (χ3v) is 3.96. The molecule has 0 unspecified atom stereocenters. The lowest BCUT2D eigenvalue weighted by Gasteiger charge is -2.24. The van der Waals surface area contributed by atoms with Crippen LogP contribution in [0.15, 0.2) is 30.3 Å². The Morgan fingerprint density at radius 1 is 1.29 bits per heavy atom. The molecule has 4 heteroatoms. The Bertz CT molecular complexity index is 639. The number of aryl methyl sites for hydroxylation is 2. The van der Waals surface area contributed by atoms with Gasteiger partial charge in [-0.15, -0.1) is 0 Å². The maximum Gasteiger partial charge on any atom is 0.148 e. The van der Waals surface area contributed by atoms with Crippen molar-refractivity contribution in [3.05, 3.63) is 47.3 Å². The number of hydrogen-bond acceptors (Lipinski definition) is 3. The molecule has 0 radical (unpaired) electrons. The minimum atomic E-state index is -0.537. The van der Waals surface area contributed by atoms with Gasteiger partial charge in [0.1, 0.15) is 5.78 Å². The molecule has 1 aromatic carbocycles. The van der Waals surface area contributed by atoms with Crippen molar-refractivity contribution < 1.29 is 4.79 Å². The Morgan fingerprint density at radius 2 is 1.90 bits per heavy atom. The third-order valence-electron chi connectivity index (χ3n) is 3.96. The topological polar surface area (TPSA) is 60.9 Å². The Hall–Kier alpha value is -2.10. The van der Waals surface area contributed by atoms with E-state index in [0.717, 1.165) is 23.5 Å². The number of carbonyl (C=O) groups excluding carboxylic acids is 1. The van der Waals surface area contributed by atoms with E-state index in [4.69, 9.17) is 5.73 Å². The lowest BCUT2D eigenvalue weighted by molar-refractivity contribution is -0.122. The lowest BCUT2D eigenvalue weighted by atomic mass is 9.79. The van der Waals surface area contributed by atoms with Crippen molar-refractivity contribution in [2.24, 2.45) is 0 Å². The van der Waals surface area contributed by atoms with Crippen molar-refractivity contribution in [3.63, 3.8) is 0 Å². The largest absolute Gasteiger partial charge is 0.399 e. The molecule has 0 atom stereocenters. The number of hydrogen-bond donors (Lipinski definition) is 1. The summed E-state index contributed by atoms with van der Waals surface area (Å²) in [7, 11) is 0. The summed E-state index contributed by atoms with van der Waals surface area (Å²) in [5, 5.41) is 4.40. The van der Waals surface area contributed by atoms with Crippen molar-refractivity contribution in [1.82, 2.24) is 9.78 Å². The van der Waals surface area contributed by atoms with Crippen molar-refractivity contribution in [2.45, 2.75) is 46.1 Å². The van der Waals surface area contributed by atoms with E-state index in [1.807, 2.05) is 62.7 Å². The molecular formula is C17H23N3O. The maximum absolute atomic E-state index is 12.7. The molecule has 1 heterocycles. The number of Topliss-reactive ketones (excluding diaryl/α,β-unsaturated/α-hetero) is 1. The van der Waals surface area contributed by atoms with Gasteiger partial charge in [-0.05, 0) is 51.5 Å². The molecule has 0 aliphatic heterocycles. The number of carbonyl (C=O) groups is 1. The van der Waals surface area contributed by atoms with E-state index in [9.17, 15) is 4.79 Å². The molecule has 0 amide bonds. The molecular weight excluding hydrogens is 262 g/mol. The predicted molar refractivity (Wildman–Crippen MR) is 85.2 cm³/mol. The summed E-state index contributed by atoms with van der Waals surface area (Å²) >= 11 is 0. The molecule has 2 rings (SSSR count). The van der Waals surface area contributed by atoms with Crippen LogP contribution in [0, 0.1) is 6.92 Å². The Morgan fingerprint density at radius 3 is 2.48 bits per heavy atom. The first-order valence-electron chi connectivity index (χ1n) is 7.27. The molecule has 0 saturated heterocycles. The summed E-state index contributed by atoms with van der Waals surface area (Å²) in [6.45, 7) is 8.68. The van der Waals surface area contributed by atoms with Gasteiger partial charge in [-0.25, -0.2) is 0 Å². The van der Waals surface area contributed by atoms with Crippen molar-refractivity contribution in [1.29, 1.82) is 0 Å². The first-order chi connectivity index (χ1) is 9.84. The molecule has 4 nitrogen and oxygen atoms in total. The van der Waals surface area contributed by atoms with E-state index in [0.29, 0.717) is 12.1 Å². The lowest BCUT2D eigenvalue weighted by Crippen LogP contribution is -2.31. The second kappa shape index (κ2) is 5.72. The molecule has 0 aliphatic rings. The molecule has 0 bridgehead atoms. The second-order valence-electron chi connectivity index (χ2n) is 5.94. The number of anilines is 1. The van der Waals surface area contributed by atoms with Gasteiger partial charge in [0.15, 0.2) is 0 Å². The highest BCUT2D eigenvalue weighted by Gasteiger charge is 2.30. The fourth-order valence-corrected chi connectivity index (χ4v) is 2.46. The van der Waals surface area contributed by atoms with E-state index in [1.165, 1.54) is 0 Å². The Labute approximate surface area is 126 Å². The van der Waals surface area contributed by atoms with Crippen LogP contribution in [0.5, 0.6) is 0 Å². The number of rotatable bonds is 5. The first-order valence-corrected chi connectivity index (χ1v) is 7.27. The minimum Gasteiger partial charge on any atom is -0.399 e. The highest BCUT2D eigenvalue weighted by molar-refractivity contribution is 5.90. The number of nitrogen functional groups attached to an aromatic ring is 1. The zero-order valence-electron chi connectivity index (χ0n) is 13.2. The minimum absolute atomic E-state index is 0.182. The molecule has 1 aromatic heterocycles. The summed E-state index contributed by atoms with van der Waals surface area (Å²) in [6.07, 6.45) is 0.395. The maximum atomic E-state index is 12.7. The van der Waals surface area contributed by atoms with Crippen LogP contribution in [0.2, 0.25) is 0 Å². The summed E-state index contributed by atoms with van der Waals surface area (Å²) in [5.41, 5.74) is 8.80. The SMILES string of the molecule is CCn1nc(C)cc1CC(=O)C(C)(C)c1ccc(N)cc1. The van der Waals surface area contributed by atoms with Gasteiger partial charge in [-0.3, -0.25) is 9.48 Å². The molecule has 0 saturated carbocycles. The molecule has 0 spiro atoms. The highest BCUT2D eigenvalue weighted by atomic mass is 16.1. The molecule has 2 aromatic rings. The van der Waals surface area contributed by atoms with Crippen LogP contribution in [-0.4, -0.2) is 15.6 Å². The van der Waals surface area contributed by atoms with Crippen LogP contribution in [0.3, 0.4) is 0 Å². The van der Waals surface area contributed by atoms with Crippen LogP contribution < -0.4 is 5.73 Å². The van der Waals surface area contributed by atoms with Gasteiger partial charge >= 0.3 is 0 Å². The van der Waals surface area contributed by atoms with Crippen LogP contribution >= 0.6 is 0 Å². The van der Waals surface area contributed by atoms with E-state index in [1.54, 1.807) is 0 Å². The number of benzene rings is 1. The number of ketones is 1. The van der Waals surface area contributed by atoms with Gasteiger partial charge in [0.05, 0.1) is 5.69 Å². The zero-order chi connectivity index (χ0) is 15.6. The fourth-order valence-electron chi connectivity index (χ4n) is 2.46. The van der Waals surface area contributed by atoms with Gasteiger partial charge in [0, 0.05) is 29.8 Å². The molecule has 112 valence electrons. The van der Waals surface area contributed by atoms with Crippen LogP contribution in [-0.2, 0) is 23.2 Å². The molecule has 21 heavy (non-hydrogen) atoms. The highest BCUT2D eigenvalue weighted by Crippen LogP contribution is 2.26. The summed E-state index contributed by atoms with van der Waals surface area (Å²) in [5.74, 6) is 0.182. The summed E-state index contributed by atoms with van der Waals surface area (Å²) in [6, 6.07) is 9.52. The summed E-state index contributed by atoms with van der Waals surface area (Å²) < 4.78 is 1.90. The van der Waals surface area contributed by atoms with Crippen molar-refractivity contribution in [2.75, 3.05) is 5.73 Å². The Balaban J connectivity index is 2.23. The van der Waals surface area contributed by atoms with Crippen molar-refractivity contribution >= 4 is 11.5 Å². The third kappa shape index (κ3) is 3.15. The van der Waals surface area contributed by atoms with Gasteiger partial charge < -0.3 is 5.73 Å². The average Bonchev–Trinajstić information content (AvgIpc) is 2.79. The number of nitrogens with two attached hydrogens (primary N) is 1. The van der Waals surface area contributed by atoms with Crippen LogP contribution in [0.25, 0.3) is 0 Å². The first kappa shape index (κ1) is 15.3. The van der Waals surface area contributed by atoms with Gasteiger partial charge in [-0.1, -0.05) is 12.1 Å². The quantitative estimate of drug-likeness (QED) is 0.859. The van der Waals surface area contributed by atoms with E-state index >= 15 is 0 Å². The smallest absolute Gasteiger partial charge is 0.148 e. The predicted octanol–water partition coefficient (Wildman–Crippen LogP) is 2.88. The van der Waals surface area contributed by atoms with Gasteiger partial charge in [0.25, 0.3) is 0 Å². The monoisotopic (exact) mass is 285 g/mol. The zero-order valence-corrected chi connectivity index (χ0v) is 13.2.